The van der Waals surface area contributed by atoms with Crippen molar-refractivity contribution >= 4 is 23.4 Å². The molecule has 1 amide bonds. The Balaban J connectivity index is 0.000000197. The Morgan fingerprint density at radius 3 is 2.70 bits per heavy atom. The molecule has 1 atom stereocenters. The first-order valence-corrected chi connectivity index (χ1v) is 9.20. The number of carbonyl (C=O) groups excluding carboxylic acids is 1. The maximum atomic E-state index is 11.8. The molecular formula is C20H24N4O3. The van der Waals surface area contributed by atoms with Crippen molar-refractivity contribution in [1.82, 2.24) is 9.97 Å². The van der Waals surface area contributed by atoms with Crippen molar-refractivity contribution in [3.05, 3.63) is 47.9 Å². The summed E-state index contributed by atoms with van der Waals surface area (Å²) in [6, 6.07) is 9.37. The van der Waals surface area contributed by atoms with Crippen molar-refractivity contribution < 1.29 is 14.7 Å². The van der Waals surface area contributed by atoms with Gasteiger partial charge in [-0.25, -0.2) is 9.78 Å². The van der Waals surface area contributed by atoms with E-state index in [2.05, 4.69) is 27.9 Å². The number of rotatable bonds is 3. The van der Waals surface area contributed by atoms with Crippen LogP contribution >= 0.6 is 0 Å². The van der Waals surface area contributed by atoms with Gasteiger partial charge in [-0.1, -0.05) is 19.4 Å². The Bertz CT molecular complexity index is 825. The smallest absolute Gasteiger partial charge is 0.354 e. The Morgan fingerprint density at radius 2 is 2.07 bits per heavy atom. The molecule has 0 radical (unpaired) electrons. The van der Waals surface area contributed by atoms with Crippen LogP contribution in [0.5, 0.6) is 0 Å². The van der Waals surface area contributed by atoms with Crippen LogP contribution in [0.15, 0.2) is 36.5 Å². The number of carboxylic acids is 1. The van der Waals surface area contributed by atoms with Crippen LogP contribution in [0.4, 0.5) is 11.5 Å². The van der Waals surface area contributed by atoms with E-state index in [1.807, 2.05) is 18.3 Å². The Hall–Kier alpha value is -2.96. The van der Waals surface area contributed by atoms with E-state index in [0.717, 1.165) is 31.6 Å². The molecule has 7 nitrogen and oxygen atoms in total. The highest BCUT2D eigenvalue weighted by molar-refractivity contribution is 5.97. The molecule has 2 aliphatic rings. The van der Waals surface area contributed by atoms with Crippen LogP contribution in [0.3, 0.4) is 0 Å². The summed E-state index contributed by atoms with van der Waals surface area (Å²) >= 11 is 0. The van der Waals surface area contributed by atoms with E-state index in [-0.39, 0.29) is 17.6 Å². The quantitative estimate of drug-likeness (QED) is 0.896. The van der Waals surface area contributed by atoms with Gasteiger partial charge in [-0.05, 0) is 37.1 Å². The second-order valence-electron chi connectivity index (χ2n) is 6.69. The zero-order valence-electron chi connectivity index (χ0n) is 15.6. The van der Waals surface area contributed by atoms with E-state index in [1.54, 1.807) is 11.0 Å². The third-order valence-corrected chi connectivity index (χ3v) is 4.74. The van der Waals surface area contributed by atoms with Gasteiger partial charge >= 0.3 is 5.97 Å². The second kappa shape index (κ2) is 8.16. The van der Waals surface area contributed by atoms with Crippen LogP contribution in [-0.4, -0.2) is 46.1 Å². The molecule has 4 rings (SSSR count). The molecule has 4 heterocycles. The fourth-order valence-corrected chi connectivity index (χ4v) is 3.54. The summed E-state index contributed by atoms with van der Waals surface area (Å²) < 4.78 is 0. The SMILES string of the molecule is CC(=O)N1c2nc(C(=O)O)ccc2N2CCC1C2.CCCc1ccccn1. The number of amides is 1. The lowest BCUT2D eigenvalue weighted by Crippen LogP contribution is -2.45. The maximum Gasteiger partial charge on any atom is 0.354 e. The first-order chi connectivity index (χ1) is 13.0. The number of carboxylic acid groups (broad SMARTS) is 1. The lowest BCUT2D eigenvalue weighted by Gasteiger charge is -2.35. The molecule has 0 saturated carbocycles. The summed E-state index contributed by atoms with van der Waals surface area (Å²) in [5.74, 6) is -0.678. The number of anilines is 2. The topological polar surface area (TPSA) is 86.6 Å². The van der Waals surface area contributed by atoms with Crippen LogP contribution in [0.25, 0.3) is 0 Å². The van der Waals surface area contributed by atoms with Gasteiger partial charge in [0.2, 0.25) is 5.91 Å². The van der Waals surface area contributed by atoms with Crippen molar-refractivity contribution in [2.24, 2.45) is 0 Å². The molecule has 0 aromatic carbocycles. The van der Waals surface area contributed by atoms with Gasteiger partial charge in [0.1, 0.15) is 0 Å². The van der Waals surface area contributed by atoms with Crippen LogP contribution in [0.1, 0.15) is 42.9 Å². The fraction of sp³-hybridized carbons (Fsp3) is 0.400. The van der Waals surface area contributed by atoms with Crippen LogP contribution in [-0.2, 0) is 11.2 Å². The number of aryl methyl sites for hydroxylation is 1. The molecule has 0 spiro atoms. The summed E-state index contributed by atoms with van der Waals surface area (Å²) in [4.78, 5) is 34.8. The summed E-state index contributed by atoms with van der Waals surface area (Å²) in [5.41, 5.74) is 2.02. The molecule has 2 aromatic rings. The van der Waals surface area contributed by atoms with E-state index in [0.29, 0.717) is 5.82 Å². The van der Waals surface area contributed by atoms with E-state index in [9.17, 15) is 9.59 Å². The van der Waals surface area contributed by atoms with Crippen molar-refractivity contribution in [3.63, 3.8) is 0 Å². The lowest BCUT2D eigenvalue weighted by molar-refractivity contribution is -0.117. The minimum atomic E-state index is -1.07. The highest BCUT2D eigenvalue weighted by Crippen LogP contribution is 2.38. The highest BCUT2D eigenvalue weighted by atomic mass is 16.4. The number of aromatic nitrogens is 2. The Labute approximate surface area is 158 Å². The summed E-state index contributed by atoms with van der Waals surface area (Å²) in [5, 5.41) is 8.98. The number of fused-ring (bicyclic) bond motifs is 4. The monoisotopic (exact) mass is 368 g/mol. The van der Waals surface area contributed by atoms with Crippen LogP contribution < -0.4 is 9.80 Å². The molecule has 1 saturated heterocycles. The third kappa shape index (κ3) is 4.07. The number of hydrogen-bond acceptors (Lipinski definition) is 5. The van der Waals surface area contributed by atoms with E-state index >= 15 is 0 Å². The molecule has 1 unspecified atom stereocenters. The second-order valence-corrected chi connectivity index (χ2v) is 6.69. The minimum absolute atomic E-state index is 0.0255. The number of aromatic carboxylic acids is 1. The van der Waals surface area contributed by atoms with Crippen molar-refractivity contribution in [2.75, 3.05) is 22.9 Å². The van der Waals surface area contributed by atoms with Crippen molar-refractivity contribution in [1.29, 1.82) is 0 Å². The molecule has 0 aliphatic carbocycles. The van der Waals surface area contributed by atoms with Gasteiger partial charge in [-0.15, -0.1) is 0 Å². The lowest BCUT2D eigenvalue weighted by atomic mass is 10.1. The molecule has 7 heteroatoms. The molecule has 1 N–H and O–H groups in total. The normalized spacial score (nSPS) is 17.0. The average molecular weight is 368 g/mol. The average Bonchev–Trinajstić information content (AvgIpc) is 3.07. The van der Waals surface area contributed by atoms with E-state index < -0.39 is 5.97 Å². The van der Waals surface area contributed by atoms with Gasteiger partial charge < -0.3 is 10.0 Å². The number of hydrogen-bond donors (Lipinski definition) is 1. The highest BCUT2D eigenvalue weighted by Gasteiger charge is 2.39. The number of pyridine rings is 2. The van der Waals surface area contributed by atoms with Crippen LogP contribution in [0, 0.1) is 0 Å². The molecule has 1 fully saturated rings. The molecule has 27 heavy (non-hydrogen) atoms. The van der Waals surface area contributed by atoms with Crippen molar-refractivity contribution in [3.8, 4) is 0 Å². The zero-order chi connectivity index (χ0) is 19.4. The van der Waals surface area contributed by atoms with Gasteiger partial charge in [-0.2, -0.15) is 0 Å². The van der Waals surface area contributed by atoms with Gasteiger partial charge in [-0.3, -0.25) is 14.7 Å². The maximum absolute atomic E-state index is 11.8. The molecule has 2 aliphatic heterocycles. The number of nitrogens with zero attached hydrogens (tertiary/aromatic N) is 4. The van der Waals surface area contributed by atoms with Gasteiger partial charge in [0, 0.05) is 31.9 Å². The Kier molecular flexibility index (Phi) is 5.69. The summed E-state index contributed by atoms with van der Waals surface area (Å²) in [7, 11) is 0. The largest absolute Gasteiger partial charge is 0.477 e. The summed E-state index contributed by atoms with van der Waals surface area (Å²) in [6.45, 7) is 5.35. The third-order valence-electron chi connectivity index (χ3n) is 4.74. The van der Waals surface area contributed by atoms with Gasteiger partial charge in [0.05, 0.1) is 11.7 Å². The van der Waals surface area contributed by atoms with Crippen LogP contribution in [0.2, 0.25) is 0 Å². The summed E-state index contributed by atoms with van der Waals surface area (Å²) in [6.07, 6.45) is 5.02. The van der Waals surface area contributed by atoms with Crippen molar-refractivity contribution in [2.45, 2.75) is 39.2 Å². The minimum Gasteiger partial charge on any atom is -0.477 e. The predicted molar refractivity (Wildman–Crippen MR) is 103 cm³/mol. The van der Waals surface area contributed by atoms with Gasteiger partial charge in [0.25, 0.3) is 0 Å². The molecular weight excluding hydrogens is 344 g/mol. The van der Waals surface area contributed by atoms with E-state index in [4.69, 9.17) is 5.11 Å². The zero-order valence-corrected chi connectivity index (χ0v) is 15.6. The first-order valence-electron chi connectivity index (χ1n) is 9.20. The molecule has 142 valence electrons. The Morgan fingerprint density at radius 1 is 1.26 bits per heavy atom. The number of carbonyl (C=O) groups is 2. The fourth-order valence-electron chi connectivity index (χ4n) is 3.54. The molecule has 2 aromatic heterocycles. The first kappa shape index (κ1) is 18.8. The van der Waals surface area contributed by atoms with Gasteiger partial charge in [0.15, 0.2) is 11.5 Å². The predicted octanol–water partition coefficient (Wildman–Crippen LogP) is 2.76. The standard InChI is InChI=1S/C12H13N3O3.C8H11N/c1-7(16)15-8-4-5-14(6-8)10-3-2-9(12(17)18)13-11(10)15;1-2-5-8-6-3-4-7-9-8/h2-3,8H,4-6H2,1H3,(H,17,18);3-4,6-7H,2,5H2,1H3. The van der Waals surface area contributed by atoms with E-state index in [1.165, 1.54) is 25.1 Å². The molecule has 2 bridgehead atoms.